The van der Waals surface area contributed by atoms with E-state index in [0.29, 0.717) is 43.4 Å². The summed E-state index contributed by atoms with van der Waals surface area (Å²) < 4.78 is 9.08. The molecule has 9 nitrogen and oxygen atoms in total. The number of pyridine rings is 1. The molecule has 0 aliphatic rings. The highest BCUT2D eigenvalue weighted by atomic mass is 79.9. The number of fused-ring (bicyclic) bond motifs is 1. The van der Waals surface area contributed by atoms with Crippen molar-refractivity contribution in [3.63, 3.8) is 0 Å². The molecule has 178 valence electrons. The topological polar surface area (TPSA) is 113 Å². The Morgan fingerprint density at radius 1 is 1.14 bits per heavy atom. The average molecular weight is 666 g/mol. The fourth-order valence-electron chi connectivity index (χ4n) is 3.22. The number of hydrogen-bond donors (Lipinski definition) is 0. The van der Waals surface area contributed by atoms with Crippen LogP contribution < -0.4 is 10.3 Å². The number of ether oxygens (including phenoxy) is 1. The van der Waals surface area contributed by atoms with E-state index in [1.54, 1.807) is 30.5 Å². The SMILES string of the molecule is CCCc1nc2ccc(Br)cc2c(=O)n1N=Cc1cc(Br)c(Oc2ccc([N+](=O)[O-])cn2)c(Br)c1. The molecule has 0 fully saturated rings. The van der Waals surface area contributed by atoms with Crippen molar-refractivity contribution < 1.29 is 9.66 Å². The van der Waals surface area contributed by atoms with E-state index in [0.717, 1.165) is 17.1 Å². The first kappa shape index (κ1) is 25.1. The molecule has 0 unspecified atom stereocenters. The molecule has 0 radical (unpaired) electrons. The highest BCUT2D eigenvalue weighted by Crippen LogP contribution is 2.37. The van der Waals surface area contributed by atoms with Crippen LogP contribution in [0.3, 0.4) is 0 Å². The first-order valence-corrected chi connectivity index (χ1v) is 12.7. The number of halogens is 3. The van der Waals surface area contributed by atoms with Gasteiger partial charge in [-0.05, 0) is 74.2 Å². The Bertz CT molecular complexity index is 1500. The van der Waals surface area contributed by atoms with E-state index in [1.807, 2.05) is 13.0 Å². The van der Waals surface area contributed by atoms with Gasteiger partial charge < -0.3 is 4.74 Å². The fraction of sp³-hybridized carbons (Fsp3) is 0.130. The summed E-state index contributed by atoms with van der Waals surface area (Å²) in [5, 5.41) is 15.7. The molecule has 0 saturated heterocycles. The lowest BCUT2D eigenvalue weighted by Crippen LogP contribution is -2.22. The quantitative estimate of drug-likeness (QED) is 0.125. The second kappa shape index (κ2) is 10.8. The van der Waals surface area contributed by atoms with E-state index < -0.39 is 4.92 Å². The summed E-state index contributed by atoms with van der Waals surface area (Å²) in [6, 6.07) is 11.7. The van der Waals surface area contributed by atoms with E-state index >= 15 is 0 Å². The normalized spacial score (nSPS) is 11.3. The number of benzene rings is 2. The van der Waals surface area contributed by atoms with Gasteiger partial charge in [-0.1, -0.05) is 22.9 Å². The van der Waals surface area contributed by atoms with E-state index in [2.05, 4.69) is 62.9 Å². The molecule has 2 aromatic heterocycles. The van der Waals surface area contributed by atoms with Gasteiger partial charge in [0.05, 0.1) is 31.0 Å². The maximum Gasteiger partial charge on any atom is 0.287 e. The van der Waals surface area contributed by atoms with Crippen LogP contribution >= 0.6 is 47.8 Å². The zero-order valence-electron chi connectivity index (χ0n) is 18.1. The third-order valence-corrected chi connectivity index (χ3v) is 6.50. The van der Waals surface area contributed by atoms with Crippen LogP contribution in [0.5, 0.6) is 11.6 Å². The summed E-state index contributed by atoms with van der Waals surface area (Å²) in [7, 11) is 0. The van der Waals surface area contributed by atoms with E-state index in [1.165, 1.54) is 16.8 Å². The molecule has 0 N–H and O–H groups in total. The molecule has 4 rings (SSSR count). The molecule has 0 aliphatic carbocycles. The van der Waals surface area contributed by atoms with Crippen LogP contribution in [0.1, 0.15) is 24.7 Å². The van der Waals surface area contributed by atoms with Crippen molar-refractivity contribution >= 4 is 70.6 Å². The van der Waals surface area contributed by atoms with Crippen molar-refractivity contribution in [2.75, 3.05) is 0 Å². The number of nitro groups is 1. The molecule has 0 spiro atoms. The summed E-state index contributed by atoms with van der Waals surface area (Å²) in [6.07, 6.45) is 4.10. The van der Waals surface area contributed by atoms with Gasteiger partial charge in [-0.15, -0.1) is 0 Å². The third kappa shape index (κ3) is 5.65. The predicted octanol–water partition coefficient (Wildman–Crippen LogP) is 6.61. The predicted molar refractivity (Wildman–Crippen MR) is 143 cm³/mol. The van der Waals surface area contributed by atoms with E-state index in [-0.39, 0.29) is 17.1 Å². The summed E-state index contributed by atoms with van der Waals surface area (Å²) in [6.45, 7) is 2.01. The Labute approximate surface area is 224 Å². The maximum absolute atomic E-state index is 13.2. The Hall–Kier alpha value is -2.96. The smallest absolute Gasteiger partial charge is 0.287 e. The zero-order valence-corrected chi connectivity index (χ0v) is 22.9. The molecule has 4 aromatic rings. The second-order valence-electron chi connectivity index (χ2n) is 7.33. The lowest BCUT2D eigenvalue weighted by atomic mass is 10.2. The van der Waals surface area contributed by atoms with Gasteiger partial charge in [0.15, 0.2) is 5.75 Å². The van der Waals surface area contributed by atoms with Crippen LogP contribution in [0.15, 0.2) is 72.0 Å². The standard InChI is InChI=1S/C23H16Br3N5O4/c1-2-3-20-29-19-6-4-14(24)10-16(19)23(32)30(20)28-11-13-8-17(25)22(18(26)9-13)35-21-7-5-15(12-27-21)31(33)34/h4-12H,2-3H2,1H3. The number of aromatic nitrogens is 3. The summed E-state index contributed by atoms with van der Waals surface area (Å²) >= 11 is 10.4. The minimum atomic E-state index is -0.530. The van der Waals surface area contributed by atoms with Gasteiger partial charge >= 0.3 is 0 Å². The minimum absolute atomic E-state index is 0.129. The average Bonchev–Trinajstić information content (AvgIpc) is 2.82. The first-order valence-electron chi connectivity index (χ1n) is 10.3. The van der Waals surface area contributed by atoms with Gasteiger partial charge in [0.2, 0.25) is 5.88 Å². The molecule has 0 bridgehead atoms. The zero-order chi connectivity index (χ0) is 25.1. The maximum atomic E-state index is 13.2. The van der Waals surface area contributed by atoms with Crippen molar-refractivity contribution in [2.24, 2.45) is 5.10 Å². The molecule has 2 heterocycles. The highest BCUT2D eigenvalue weighted by molar-refractivity contribution is 9.11. The van der Waals surface area contributed by atoms with Crippen LogP contribution in [0.25, 0.3) is 10.9 Å². The third-order valence-electron chi connectivity index (χ3n) is 4.83. The molecule has 0 amide bonds. The van der Waals surface area contributed by atoms with Crippen molar-refractivity contribution in [1.29, 1.82) is 0 Å². The van der Waals surface area contributed by atoms with Gasteiger partial charge in [-0.2, -0.15) is 9.78 Å². The van der Waals surface area contributed by atoms with Gasteiger partial charge in [-0.25, -0.2) is 9.97 Å². The largest absolute Gasteiger partial charge is 0.437 e. The van der Waals surface area contributed by atoms with Crippen LogP contribution in [-0.4, -0.2) is 25.8 Å². The molecular weight excluding hydrogens is 650 g/mol. The molecule has 0 aliphatic heterocycles. The lowest BCUT2D eigenvalue weighted by molar-refractivity contribution is -0.385. The Morgan fingerprint density at radius 3 is 2.51 bits per heavy atom. The lowest BCUT2D eigenvalue weighted by Gasteiger charge is -2.11. The molecule has 35 heavy (non-hydrogen) atoms. The van der Waals surface area contributed by atoms with Crippen LogP contribution in [0, 0.1) is 10.1 Å². The monoisotopic (exact) mass is 663 g/mol. The van der Waals surface area contributed by atoms with Crippen molar-refractivity contribution in [2.45, 2.75) is 19.8 Å². The van der Waals surface area contributed by atoms with Gasteiger partial charge in [0.1, 0.15) is 12.0 Å². The van der Waals surface area contributed by atoms with Crippen LogP contribution in [0.2, 0.25) is 0 Å². The number of nitrogens with zero attached hydrogens (tertiary/aromatic N) is 5. The Morgan fingerprint density at radius 2 is 1.89 bits per heavy atom. The Balaban J connectivity index is 1.67. The van der Waals surface area contributed by atoms with Crippen molar-refractivity contribution in [1.82, 2.24) is 14.6 Å². The van der Waals surface area contributed by atoms with Crippen molar-refractivity contribution in [3.8, 4) is 11.6 Å². The number of rotatable bonds is 7. The van der Waals surface area contributed by atoms with Gasteiger partial charge in [0.25, 0.3) is 11.2 Å². The van der Waals surface area contributed by atoms with Crippen LogP contribution in [0.4, 0.5) is 5.69 Å². The van der Waals surface area contributed by atoms with E-state index in [4.69, 9.17) is 4.74 Å². The molecule has 12 heteroatoms. The van der Waals surface area contributed by atoms with Crippen LogP contribution in [-0.2, 0) is 6.42 Å². The van der Waals surface area contributed by atoms with E-state index in [9.17, 15) is 14.9 Å². The van der Waals surface area contributed by atoms with Crippen molar-refractivity contribution in [3.05, 3.63) is 93.9 Å². The molecular formula is C23H16Br3N5O4. The molecule has 2 aromatic carbocycles. The molecule has 0 saturated carbocycles. The first-order chi connectivity index (χ1) is 16.8. The Kier molecular flexibility index (Phi) is 7.72. The number of hydrogen-bond acceptors (Lipinski definition) is 7. The number of aryl methyl sites for hydroxylation is 1. The highest BCUT2D eigenvalue weighted by Gasteiger charge is 2.14. The van der Waals surface area contributed by atoms with Gasteiger partial charge in [0, 0.05) is 23.0 Å². The van der Waals surface area contributed by atoms with Gasteiger partial charge in [-0.3, -0.25) is 14.9 Å². The minimum Gasteiger partial charge on any atom is -0.437 e. The summed E-state index contributed by atoms with van der Waals surface area (Å²) in [4.78, 5) is 32.0. The fourth-order valence-corrected chi connectivity index (χ4v) is 4.97. The summed E-state index contributed by atoms with van der Waals surface area (Å²) in [5.74, 6) is 1.21. The summed E-state index contributed by atoms with van der Waals surface area (Å²) in [5.41, 5.74) is 0.935. The second-order valence-corrected chi connectivity index (χ2v) is 9.95. The molecule has 0 atom stereocenters.